The Morgan fingerprint density at radius 3 is 2.65 bits per heavy atom. The van der Waals surface area contributed by atoms with Gasteiger partial charge in [0.25, 0.3) is 10.0 Å². The molecule has 0 bridgehead atoms. The van der Waals surface area contributed by atoms with Gasteiger partial charge in [-0.05, 0) is 7.05 Å². The zero-order chi connectivity index (χ0) is 14.6. The van der Waals surface area contributed by atoms with Crippen LogP contribution in [-0.4, -0.2) is 74.5 Å². The Balaban J connectivity index is 1.80. The molecule has 1 fully saturated rings. The number of sulfonamides is 1. The van der Waals surface area contributed by atoms with Crippen molar-refractivity contribution in [2.45, 2.75) is 18.4 Å². The van der Waals surface area contributed by atoms with E-state index in [4.69, 9.17) is 0 Å². The molecule has 0 unspecified atom stereocenters. The summed E-state index contributed by atoms with van der Waals surface area (Å²) in [7, 11) is -1.37. The molecule has 0 radical (unpaired) electrons. The number of aromatic nitrogens is 2. The van der Waals surface area contributed by atoms with Crippen molar-refractivity contribution in [3.8, 4) is 0 Å². The summed E-state index contributed by atoms with van der Waals surface area (Å²) in [5.74, 6) is 0.685. The number of hydrogen-bond acceptors (Lipinski definition) is 5. The van der Waals surface area contributed by atoms with Crippen molar-refractivity contribution in [2.24, 2.45) is 0 Å². The molecule has 1 aromatic rings. The number of aromatic amines is 1. The normalized spacial score (nSPS) is 18.5. The van der Waals surface area contributed by atoms with E-state index in [1.165, 1.54) is 6.20 Å². The number of aryl methyl sites for hydroxylation is 1. The van der Waals surface area contributed by atoms with Gasteiger partial charge in [0.1, 0.15) is 5.82 Å². The third kappa shape index (κ3) is 4.02. The van der Waals surface area contributed by atoms with Gasteiger partial charge in [-0.1, -0.05) is 6.92 Å². The van der Waals surface area contributed by atoms with E-state index >= 15 is 0 Å². The summed E-state index contributed by atoms with van der Waals surface area (Å²) in [5, 5.41) is 0.146. The summed E-state index contributed by atoms with van der Waals surface area (Å²) >= 11 is 0. The monoisotopic (exact) mass is 301 g/mol. The maximum Gasteiger partial charge on any atom is 0.257 e. The van der Waals surface area contributed by atoms with Crippen molar-refractivity contribution in [3.63, 3.8) is 0 Å². The molecule has 0 saturated carbocycles. The van der Waals surface area contributed by atoms with Crippen LogP contribution in [-0.2, 0) is 16.4 Å². The molecule has 2 N–H and O–H groups in total. The topological polar surface area (TPSA) is 81.3 Å². The van der Waals surface area contributed by atoms with Gasteiger partial charge in [0.2, 0.25) is 0 Å². The van der Waals surface area contributed by atoms with E-state index in [0.717, 1.165) is 32.7 Å². The van der Waals surface area contributed by atoms with Gasteiger partial charge in [-0.15, -0.1) is 0 Å². The number of nitrogens with zero attached hydrogens (tertiary/aromatic N) is 3. The first-order valence-corrected chi connectivity index (χ1v) is 8.44. The van der Waals surface area contributed by atoms with Crippen LogP contribution in [0.3, 0.4) is 0 Å². The van der Waals surface area contributed by atoms with E-state index in [9.17, 15) is 8.42 Å². The largest absolute Gasteiger partial charge is 0.332 e. The fourth-order valence-electron chi connectivity index (χ4n) is 2.15. The van der Waals surface area contributed by atoms with Gasteiger partial charge in [0.15, 0.2) is 5.03 Å². The lowest BCUT2D eigenvalue weighted by Crippen LogP contribution is -2.46. The van der Waals surface area contributed by atoms with E-state index in [1.807, 2.05) is 6.92 Å². The second-order valence-corrected chi connectivity index (χ2v) is 6.83. The number of likely N-dealkylation sites (N-methyl/N-ethyl adjacent to an activating group) is 1. The molecule has 1 aliphatic heterocycles. The molecule has 1 aliphatic rings. The zero-order valence-corrected chi connectivity index (χ0v) is 12.9. The van der Waals surface area contributed by atoms with Gasteiger partial charge >= 0.3 is 0 Å². The molecular formula is C12H23N5O2S. The molecule has 1 aromatic heterocycles. The predicted molar refractivity (Wildman–Crippen MR) is 77.1 cm³/mol. The fourth-order valence-corrected chi connectivity index (χ4v) is 3.11. The molecule has 7 nitrogen and oxygen atoms in total. The van der Waals surface area contributed by atoms with Crippen LogP contribution in [0.15, 0.2) is 11.2 Å². The van der Waals surface area contributed by atoms with Gasteiger partial charge < -0.3 is 9.88 Å². The van der Waals surface area contributed by atoms with Crippen LogP contribution < -0.4 is 4.72 Å². The third-order valence-electron chi connectivity index (χ3n) is 3.55. The summed E-state index contributed by atoms with van der Waals surface area (Å²) in [6.45, 7) is 7.13. The number of imidazole rings is 1. The van der Waals surface area contributed by atoms with E-state index in [0.29, 0.717) is 18.8 Å². The number of nitrogens with one attached hydrogen (secondary N) is 2. The molecule has 8 heteroatoms. The third-order valence-corrected chi connectivity index (χ3v) is 4.92. The van der Waals surface area contributed by atoms with Crippen LogP contribution in [0.1, 0.15) is 12.7 Å². The van der Waals surface area contributed by atoms with E-state index in [1.54, 1.807) is 0 Å². The SMILES string of the molecule is CCc1ncc(S(=O)(=O)NCCN2CCN(C)CC2)[nH]1. The lowest BCUT2D eigenvalue weighted by molar-refractivity contribution is 0.156. The van der Waals surface area contributed by atoms with Crippen LogP contribution in [0.25, 0.3) is 0 Å². The highest BCUT2D eigenvalue weighted by atomic mass is 32.2. The number of hydrogen-bond donors (Lipinski definition) is 2. The van der Waals surface area contributed by atoms with Crippen LogP contribution in [0.2, 0.25) is 0 Å². The molecule has 0 amide bonds. The molecule has 0 aromatic carbocycles. The lowest BCUT2D eigenvalue weighted by atomic mass is 10.3. The van der Waals surface area contributed by atoms with Gasteiger partial charge in [0, 0.05) is 45.7 Å². The quantitative estimate of drug-likeness (QED) is 0.740. The second-order valence-electron chi connectivity index (χ2n) is 5.09. The van der Waals surface area contributed by atoms with Crippen molar-refractivity contribution < 1.29 is 8.42 Å². The van der Waals surface area contributed by atoms with E-state index in [-0.39, 0.29) is 5.03 Å². The van der Waals surface area contributed by atoms with Crippen molar-refractivity contribution in [1.29, 1.82) is 0 Å². The Kier molecular flexibility index (Phi) is 5.14. The highest BCUT2D eigenvalue weighted by Crippen LogP contribution is 2.05. The molecule has 0 spiro atoms. The molecule has 1 saturated heterocycles. The first-order chi connectivity index (χ1) is 9.51. The maximum atomic E-state index is 12.0. The number of rotatable bonds is 6. The van der Waals surface area contributed by atoms with Gasteiger partial charge in [-0.3, -0.25) is 4.90 Å². The Morgan fingerprint density at radius 2 is 2.05 bits per heavy atom. The van der Waals surface area contributed by atoms with E-state index < -0.39 is 10.0 Å². The molecule has 114 valence electrons. The maximum absolute atomic E-state index is 12.0. The minimum absolute atomic E-state index is 0.146. The Hall–Kier alpha value is -0.960. The number of H-pyrrole nitrogens is 1. The first kappa shape index (κ1) is 15.4. The summed E-state index contributed by atoms with van der Waals surface area (Å²) in [6.07, 6.45) is 2.06. The van der Waals surface area contributed by atoms with Crippen LogP contribution in [0, 0.1) is 0 Å². The standard InChI is InChI=1S/C12H23N5O2S/c1-3-11-13-10-12(15-11)20(18,19)14-4-5-17-8-6-16(2)7-9-17/h10,14H,3-9H2,1-2H3,(H,13,15). The summed E-state index contributed by atoms with van der Waals surface area (Å²) in [5.41, 5.74) is 0. The van der Waals surface area contributed by atoms with Crippen molar-refractivity contribution >= 4 is 10.0 Å². The van der Waals surface area contributed by atoms with Crippen LogP contribution in [0.4, 0.5) is 0 Å². The Bertz CT molecular complexity index is 520. The Morgan fingerprint density at radius 1 is 1.35 bits per heavy atom. The predicted octanol–water partition coefficient (Wildman–Crippen LogP) is -0.502. The van der Waals surface area contributed by atoms with Gasteiger partial charge in [-0.25, -0.2) is 18.1 Å². The van der Waals surface area contributed by atoms with E-state index in [2.05, 4.69) is 31.5 Å². The van der Waals surface area contributed by atoms with Gasteiger partial charge in [0.05, 0.1) is 6.20 Å². The van der Waals surface area contributed by atoms with Gasteiger partial charge in [-0.2, -0.15) is 0 Å². The Labute approximate surface area is 120 Å². The summed E-state index contributed by atoms with van der Waals surface area (Å²) in [4.78, 5) is 11.4. The highest BCUT2D eigenvalue weighted by molar-refractivity contribution is 7.89. The smallest absolute Gasteiger partial charge is 0.257 e. The molecule has 20 heavy (non-hydrogen) atoms. The summed E-state index contributed by atoms with van der Waals surface area (Å²) in [6, 6.07) is 0. The molecule has 0 aliphatic carbocycles. The van der Waals surface area contributed by atoms with Crippen molar-refractivity contribution in [2.75, 3.05) is 46.3 Å². The summed E-state index contributed by atoms with van der Waals surface area (Å²) < 4.78 is 26.7. The van der Waals surface area contributed by atoms with Crippen LogP contribution in [0.5, 0.6) is 0 Å². The lowest BCUT2D eigenvalue weighted by Gasteiger charge is -2.32. The first-order valence-electron chi connectivity index (χ1n) is 6.95. The minimum atomic E-state index is -3.47. The van der Waals surface area contributed by atoms with Crippen LogP contribution >= 0.6 is 0 Å². The number of piperazine rings is 1. The van der Waals surface area contributed by atoms with Crippen molar-refractivity contribution in [3.05, 3.63) is 12.0 Å². The minimum Gasteiger partial charge on any atom is -0.332 e. The fraction of sp³-hybridized carbons (Fsp3) is 0.750. The highest BCUT2D eigenvalue weighted by Gasteiger charge is 2.18. The molecule has 0 atom stereocenters. The second kappa shape index (κ2) is 6.66. The zero-order valence-electron chi connectivity index (χ0n) is 12.1. The molecular weight excluding hydrogens is 278 g/mol. The average molecular weight is 301 g/mol. The molecule has 2 heterocycles. The molecule has 2 rings (SSSR count). The average Bonchev–Trinajstić information content (AvgIpc) is 2.90. The van der Waals surface area contributed by atoms with Crippen molar-refractivity contribution in [1.82, 2.24) is 24.5 Å².